The van der Waals surface area contributed by atoms with Crippen LogP contribution in [-0.4, -0.2) is 24.0 Å². The summed E-state index contributed by atoms with van der Waals surface area (Å²) in [5.74, 6) is 12.1. The summed E-state index contributed by atoms with van der Waals surface area (Å²) in [5, 5.41) is 1.26. The molecule has 4 nitrogen and oxygen atoms in total. The Balaban J connectivity index is 0.000000324. The number of carbonyl (C=O) groups excluding carboxylic acids is 1. The maximum atomic E-state index is 10.9. The van der Waals surface area contributed by atoms with E-state index in [9.17, 15) is 4.79 Å². The Morgan fingerprint density at radius 2 is 1.63 bits per heavy atom. The molecule has 0 spiro atoms. The molecule has 0 heterocycles. The zero-order valence-electron chi connectivity index (χ0n) is 23.5. The minimum absolute atomic E-state index is 0.386. The normalized spacial score (nSPS) is 40.5. The summed E-state index contributed by atoms with van der Waals surface area (Å²) < 4.78 is 0. The molecule has 5 fully saturated rings. The van der Waals surface area contributed by atoms with Gasteiger partial charge in [0, 0.05) is 6.04 Å². The van der Waals surface area contributed by atoms with Crippen LogP contribution in [0, 0.1) is 46.8 Å². The highest BCUT2D eigenvalue weighted by atomic mass is 16.1. The molecule has 0 saturated heterocycles. The minimum atomic E-state index is 0.386. The van der Waals surface area contributed by atoms with Crippen LogP contribution < -0.4 is 11.6 Å². The van der Waals surface area contributed by atoms with Crippen molar-refractivity contribution in [1.29, 1.82) is 0 Å². The molecule has 0 aromatic rings. The van der Waals surface area contributed by atoms with Gasteiger partial charge in [0.2, 0.25) is 6.41 Å². The lowest BCUT2D eigenvalue weighted by atomic mass is 9.49. The highest BCUT2D eigenvalue weighted by Crippen LogP contribution is 2.65. The molecule has 8 atom stereocenters. The van der Waals surface area contributed by atoms with Crippen molar-refractivity contribution in [3.63, 3.8) is 0 Å². The maximum Gasteiger partial charge on any atom is 0.223 e. The SMILES string of the molecule is C=C(CN(N)C=O)C1CCC2C3CCC4CC(C)CCC4C3CCC12C.CC.NC1CCCCC1. The highest BCUT2D eigenvalue weighted by molar-refractivity contribution is 5.46. The minimum Gasteiger partial charge on any atom is -0.328 e. The van der Waals surface area contributed by atoms with Crippen LogP contribution in [0.15, 0.2) is 12.2 Å². The predicted molar refractivity (Wildman–Crippen MR) is 148 cm³/mol. The average molecular weight is 488 g/mol. The Kier molecular flexibility index (Phi) is 10.7. The van der Waals surface area contributed by atoms with Gasteiger partial charge >= 0.3 is 0 Å². The molecule has 35 heavy (non-hydrogen) atoms. The molecular weight excluding hydrogens is 430 g/mol. The van der Waals surface area contributed by atoms with Gasteiger partial charge in [-0.3, -0.25) is 9.80 Å². The van der Waals surface area contributed by atoms with Gasteiger partial charge < -0.3 is 5.73 Å². The van der Waals surface area contributed by atoms with Gasteiger partial charge in [0.05, 0.1) is 6.54 Å². The number of carbonyl (C=O) groups is 1. The van der Waals surface area contributed by atoms with Crippen molar-refractivity contribution in [2.45, 2.75) is 124 Å². The van der Waals surface area contributed by atoms with Crippen LogP contribution in [0.3, 0.4) is 0 Å². The first-order valence-corrected chi connectivity index (χ1v) is 15.2. The third-order valence-electron chi connectivity index (χ3n) is 10.9. The summed E-state index contributed by atoms with van der Waals surface area (Å²) in [6.45, 7) is 13.9. The molecule has 0 aliphatic heterocycles. The number of hydrogen-bond acceptors (Lipinski definition) is 3. The number of hydrazine groups is 1. The monoisotopic (exact) mass is 487 g/mol. The quantitative estimate of drug-likeness (QED) is 0.146. The number of rotatable bonds is 4. The summed E-state index contributed by atoms with van der Waals surface area (Å²) in [6.07, 6.45) is 20.2. The number of nitrogens with two attached hydrogens (primary N) is 2. The molecular formula is C31H57N3O. The second-order valence-electron chi connectivity index (χ2n) is 12.9. The Morgan fingerprint density at radius 3 is 2.26 bits per heavy atom. The first kappa shape index (κ1) is 28.7. The summed E-state index contributed by atoms with van der Waals surface area (Å²) in [4.78, 5) is 10.9. The van der Waals surface area contributed by atoms with E-state index >= 15 is 0 Å². The molecule has 5 saturated carbocycles. The van der Waals surface area contributed by atoms with Crippen LogP contribution in [0.2, 0.25) is 0 Å². The standard InChI is InChI=1S/C23H38N2O.C6H13N.C2H6/c1-15-4-6-18-17(12-15)5-7-20-19(18)10-11-23(3)21(8-9-22(20)23)16(2)13-25(24)14-26;7-6-4-2-1-3-5-6;1-2/h14-15,17-22H,2,4-13,24H2,1,3H3;6H,1-5,7H2;1-2H3. The zero-order chi connectivity index (χ0) is 25.6. The first-order chi connectivity index (χ1) is 16.8. The average Bonchev–Trinajstić information content (AvgIpc) is 3.23. The molecule has 0 aromatic carbocycles. The van der Waals surface area contributed by atoms with Gasteiger partial charge in [-0.25, -0.2) is 5.84 Å². The Hall–Kier alpha value is -0.870. The molecule has 202 valence electrons. The van der Waals surface area contributed by atoms with E-state index in [1.807, 2.05) is 13.8 Å². The van der Waals surface area contributed by atoms with Gasteiger partial charge in [0.15, 0.2) is 0 Å². The molecule has 0 radical (unpaired) electrons. The van der Waals surface area contributed by atoms with Crippen molar-refractivity contribution in [2.24, 2.45) is 58.4 Å². The molecule has 4 heteroatoms. The summed E-state index contributed by atoms with van der Waals surface area (Å²) in [5.41, 5.74) is 7.20. The van der Waals surface area contributed by atoms with E-state index in [0.717, 1.165) is 41.9 Å². The van der Waals surface area contributed by atoms with E-state index in [4.69, 9.17) is 11.6 Å². The maximum absolute atomic E-state index is 10.9. The van der Waals surface area contributed by atoms with Crippen LogP contribution in [0.1, 0.15) is 118 Å². The van der Waals surface area contributed by atoms with Crippen LogP contribution >= 0.6 is 0 Å². The molecule has 4 N–H and O–H groups in total. The lowest BCUT2D eigenvalue weighted by Gasteiger charge is -2.56. The summed E-state index contributed by atoms with van der Waals surface area (Å²) in [7, 11) is 0. The number of fused-ring (bicyclic) bond motifs is 5. The lowest BCUT2D eigenvalue weighted by molar-refractivity contribution is -0.118. The topological polar surface area (TPSA) is 72.3 Å². The van der Waals surface area contributed by atoms with Crippen molar-refractivity contribution in [3.05, 3.63) is 12.2 Å². The van der Waals surface area contributed by atoms with E-state index in [1.54, 1.807) is 0 Å². The fraction of sp³-hybridized carbons (Fsp3) is 0.903. The van der Waals surface area contributed by atoms with Crippen LogP contribution in [0.4, 0.5) is 0 Å². The molecule has 8 unspecified atom stereocenters. The van der Waals surface area contributed by atoms with E-state index in [1.165, 1.54) is 100 Å². The fourth-order valence-corrected chi connectivity index (χ4v) is 9.27. The van der Waals surface area contributed by atoms with Gasteiger partial charge in [-0.05, 0) is 111 Å². The largest absolute Gasteiger partial charge is 0.328 e. The van der Waals surface area contributed by atoms with Crippen molar-refractivity contribution in [1.82, 2.24) is 5.01 Å². The van der Waals surface area contributed by atoms with Crippen molar-refractivity contribution >= 4 is 6.41 Å². The number of amides is 1. The molecule has 1 amide bonds. The Labute approximate surface area is 217 Å². The second-order valence-corrected chi connectivity index (χ2v) is 12.9. The highest BCUT2D eigenvalue weighted by Gasteiger charge is 2.57. The molecule has 5 aliphatic carbocycles. The van der Waals surface area contributed by atoms with Crippen molar-refractivity contribution in [3.8, 4) is 0 Å². The Bertz CT molecular complexity index is 674. The lowest BCUT2D eigenvalue weighted by Crippen LogP contribution is -2.49. The zero-order valence-corrected chi connectivity index (χ0v) is 23.5. The van der Waals surface area contributed by atoms with E-state index < -0.39 is 0 Å². The molecule has 0 aromatic heterocycles. The smallest absolute Gasteiger partial charge is 0.223 e. The first-order valence-electron chi connectivity index (χ1n) is 15.2. The second kappa shape index (κ2) is 13.1. The van der Waals surface area contributed by atoms with Gasteiger partial charge in [0.1, 0.15) is 0 Å². The third-order valence-corrected chi connectivity index (χ3v) is 10.9. The van der Waals surface area contributed by atoms with Crippen LogP contribution in [-0.2, 0) is 4.79 Å². The molecule has 5 rings (SSSR count). The van der Waals surface area contributed by atoms with E-state index in [2.05, 4.69) is 20.4 Å². The number of hydrogen-bond donors (Lipinski definition) is 2. The van der Waals surface area contributed by atoms with Gasteiger partial charge in [-0.15, -0.1) is 0 Å². The van der Waals surface area contributed by atoms with Gasteiger partial charge in [0.25, 0.3) is 0 Å². The van der Waals surface area contributed by atoms with Crippen LogP contribution in [0.25, 0.3) is 0 Å². The van der Waals surface area contributed by atoms with Crippen molar-refractivity contribution in [2.75, 3.05) is 6.54 Å². The molecule has 0 bridgehead atoms. The Morgan fingerprint density at radius 1 is 0.943 bits per heavy atom. The van der Waals surface area contributed by atoms with Gasteiger partial charge in [-0.2, -0.15) is 0 Å². The van der Waals surface area contributed by atoms with E-state index in [-0.39, 0.29) is 0 Å². The third kappa shape index (κ3) is 6.53. The molecule has 5 aliphatic rings. The van der Waals surface area contributed by atoms with Gasteiger partial charge in [-0.1, -0.05) is 65.5 Å². The summed E-state index contributed by atoms with van der Waals surface area (Å²) >= 11 is 0. The van der Waals surface area contributed by atoms with E-state index in [0.29, 0.717) is 23.9 Å². The summed E-state index contributed by atoms with van der Waals surface area (Å²) in [6, 6.07) is 0.536. The fourth-order valence-electron chi connectivity index (χ4n) is 9.27. The predicted octanol–water partition coefficient (Wildman–Crippen LogP) is 7.08. The number of nitrogens with zero attached hydrogens (tertiary/aromatic N) is 1. The van der Waals surface area contributed by atoms with Crippen molar-refractivity contribution < 1.29 is 4.79 Å². The van der Waals surface area contributed by atoms with Crippen LogP contribution in [0.5, 0.6) is 0 Å².